The fourth-order valence-electron chi connectivity index (χ4n) is 2.02. The monoisotopic (exact) mass is 288 g/mol. The molecule has 2 aromatic rings. The molecule has 0 aliphatic heterocycles. The first kappa shape index (κ1) is 15.5. The number of ether oxygens (including phenoxy) is 1. The van der Waals surface area contributed by atoms with Gasteiger partial charge in [0.2, 0.25) is 0 Å². The normalized spacial score (nSPS) is 11.0. The second-order valence-corrected chi connectivity index (χ2v) is 5.47. The Hall–Kier alpha value is -1.88. The standard InChI is InChI=1S/C16H24N4O/c1-4-17-9-14-5-7-15(8-6-14)21-11-16-18-12-19-20(16)10-13(2)3/h5-8,12-13,17H,4,9-11H2,1-3H3. The van der Waals surface area contributed by atoms with E-state index in [1.165, 1.54) is 5.56 Å². The maximum Gasteiger partial charge on any atom is 0.164 e. The first-order chi connectivity index (χ1) is 10.2. The van der Waals surface area contributed by atoms with Crippen molar-refractivity contribution >= 4 is 0 Å². The van der Waals surface area contributed by atoms with E-state index in [2.05, 4.69) is 48.3 Å². The van der Waals surface area contributed by atoms with Gasteiger partial charge in [-0.25, -0.2) is 9.67 Å². The van der Waals surface area contributed by atoms with Gasteiger partial charge in [-0.3, -0.25) is 0 Å². The van der Waals surface area contributed by atoms with Gasteiger partial charge in [0.15, 0.2) is 5.82 Å². The third-order valence-corrected chi connectivity index (χ3v) is 3.10. The summed E-state index contributed by atoms with van der Waals surface area (Å²) in [4.78, 5) is 4.26. The lowest BCUT2D eigenvalue weighted by Gasteiger charge is -2.10. The zero-order valence-electron chi connectivity index (χ0n) is 13.0. The van der Waals surface area contributed by atoms with Crippen LogP contribution >= 0.6 is 0 Å². The van der Waals surface area contributed by atoms with Crippen molar-refractivity contribution in [2.24, 2.45) is 5.92 Å². The van der Waals surface area contributed by atoms with E-state index in [0.717, 1.165) is 31.2 Å². The van der Waals surface area contributed by atoms with Gasteiger partial charge in [-0.05, 0) is 30.2 Å². The molecule has 5 heteroatoms. The number of hydrogen-bond acceptors (Lipinski definition) is 4. The highest BCUT2D eigenvalue weighted by molar-refractivity contribution is 5.27. The Morgan fingerprint density at radius 3 is 2.67 bits per heavy atom. The number of nitrogens with one attached hydrogen (secondary N) is 1. The number of aromatic nitrogens is 3. The molecule has 0 spiro atoms. The van der Waals surface area contributed by atoms with E-state index in [9.17, 15) is 0 Å². The maximum absolute atomic E-state index is 5.79. The van der Waals surface area contributed by atoms with E-state index in [0.29, 0.717) is 12.5 Å². The van der Waals surface area contributed by atoms with Crippen molar-refractivity contribution in [1.29, 1.82) is 0 Å². The van der Waals surface area contributed by atoms with E-state index < -0.39 is 0 Å². The summed E-state index contributed by atoms with van der Waals surface area (Å²) in [7, 11) is 0. The zero-order chi connectivity index (χ0) is 15.1. The summed E-state index contributed by atoms with van der Waals surface area (Å²) in [5, 5.41) is 7.54. The molecule has 0 saturated heterocycles. The Kier molecular flexibility index (Phi) is 5.75. The van der Waals surface area contributed by atoms with Crippen LogP contribution in [0.3, 0.4) is 0 Å². The van der Waals surface area contributed by atoms with Gasteiger partial charge in [0.05, 0.1) is 0 Å². The lowest BCUT2D eigenvalue weighted by molar-refractivity contribution is 0.282. The van der Waals surface area contributed by atoms with Crippen molar-refractivity contribution in [2.75, 3.05) is 6.54 Å². The average Bonchev–Trinajstić information content (AvgIpc) is 2.90. The van der Waals surface area contributed by atoms with E-state index in [4.69, 9.17) is 4.74 Å². The SMILES string of the molecule is CCNCc1ccc(OCc2ncnn2CC(C)C)cc1. The molecule has 0 aliphatic carbocycles. The minimum absolute atomic E-state index is 0.444. The van der Waals surface area contributed by atoms with Crippen LogP contribution in [0.25, 0.3) is 0 Å². The zero-order valence-corrected chi connectivity index (χ0v) is 13.0. The van der Waals surface area contributed by atoms with Gasteiger partial charge in [0.25, 0.3) is 0 Å². The molecule has 0 unspecified atom stereocenters. The van der Waals surface area contributed by atoms with Crippen LogP contribution in [0.5, 0.6) is 5.75 Å². The van der Waals surface area contributed by atoms with Crippen molar-refractivity contribution in [3.63, 3.8) is 0 Å². The number of nitrogens with zero attached hydrogens (tertiary/aromatic N) is 3. The van der Waals surface area contributed by atoms with E-state index in [-0.39, 0.29) is 0 Å². The molecular formula is C16H24N4O. The molecule has 114 valence electrons. The molecule has 1 heterocycles. The summed E-state index contributed by atoms with van der Waals surface area (Å²) in [6.07, 6.45) is 1.58. The molecule has 1 aromatic heterocycles. The van der Waals surface area contributed by atoms with Crippen LogP contribution in [0, 0.1) is 5.92 Å². The Morgan fingerprint density at radius 1 is 1.24 bits per heavy atom. The van der Waals surface area contributed by atoms with Crippen LogP contribution in [0.2, 0.25) is 0 Å². The largest absolute Gasteiger partial charge is 0.486 e. The molecule has 0 aliphatic rings. The smallest absolute Gasteiger partial charge is 0.164 e. The molecular weight excluding hydrogens is 264 g/mol. The Morgan fingerprint density at radius 2 is 2.00 bits per heavy atom. The molecule has 0 amide bonds. The molecule has 2 rings (SSSR count). The molecule has 0 saturated carbocycles. The quantitative estimate of drug-likeness (QED) is 0.811. The predicted molar refractivity (Wildman–Crippen MR) is 83.0 cm³/mol. The van der Waals surface area contributed by atoms with Crippen LogP contribution in [0.1, 0.15) is 32.2 Å². The summed E-state index contributed by atoms with van der Waals surface area (Å²) < 4.78 is 7.70. The summed E-state index contributed by atoms with van der Waals surface area (Å²) in [5.41, 5.74) is 1.26. The van der Waals surface area contributed by atoms with Crippen LogP contribution in [0.4, 0.5) is 0 Å². The maximum atomic E-state index is 5.79. The average molecular weight is 288 g/mol. The van der Waals surface area contributed by atoms with Gasteiger partial charge >= 0.3 is 0 Å². The summed E-state index contributed by atoms with van der Waals surface area (Å²) in [6.45, 7) is 9.60. The Labute approximate surface area is 126 Å². The second-order valence-electron chi connectivity index (χ2n) is 5.47. The van der Waals surface area contributed by atoms with Gasteiger partial charge in [0, 0.05) is 13.1 Å². The number of hydrogen-bond donors (Lipinski definition) is 1. The third kappa shape index (κ3) is 4.86. The minimum Gasteiger partial charge on any atom is -0.486 e. The molecule has 0 atom stereocenters. The highest BCUT2D eigenvalue weighted by Crippen LogP contribution is 2.14. The molecule has 1 aromatic carbocycles. The summed E-state index contributed by atoms with van der Waals surface area (Å²) in [6, 6.07) is 8.15. The van der Waals surface area contributed by atoms with Crippen molar-refractivity contribution in [3.05, 3.63) is 42.0 Å². The second kappa shape index (κ2) is 7.78. The number of rotatable bonds is 8. The van der Waals surface area contributed by atoms with Crippen LogP contribution in [-0.2, 0) is 19.7 Å². The first-order valence-electron chi connectivity index (χ1n) is 7.48. The fraction of sp³-hybridized carbons (Fsp3) is 0.500. The number of benzene rings is 1. The van der Waals surface area contributed by atoms with Crippen molar-refractivity contribution in [3.8, 4) is 5.75 Å². The first-order valence-corrected chi connectivity index (χ1v) is 7.48. The highest BCUT2D eigenvalue weighted by Gasteiger charge is 2.07. The molecule has 0 fully saturated rings. The van der Waals surface area contributed by atoms with Gasteiger partial charge in [0.1, 0.15) is 18.7 Å². The molecule has 0 bridgehead atoms. The van der Waals surface area contributed by atoms with Crippen LogP contribution < -0.4 is 10.1 Å². The van der Waals surface area contributed by atoms with Crippen LogP contribution in [0.15, 0.2) is 30.6 Å². The highest BCUT2D eigenvalue weighted by atomic mass is 16.5. The van der Waals surface area contributed by atoms with Crippen molar-refractivity contribution in [1.82, 2.24) is 20.1 Å². The van der Waals surface area contributed by atoms with E-state index in [1.807, 2.05) is 16.8 Å². The molecule has 0 radical (unpaired) electrons. The Balaban J connectivity index is 1.89. The van der Waals surface area contributed by atoms with Gasteiger partial charge in [-0.2, -0.15) is 5.10 Å². The lowest BCUT2D eigenvalue weighted by atomic mass is 10.2. The molecule has 5 nitrogen and oxygen atoms in total. The third-order valence-electron chi connectivity index (χ3n) is 3.10. The molecule has 21 heavy (non-hydrogen) atoms. The van der Waals surface area contributed by atoms with Crippen molar-refractivity contribution < 1.29 is 4.74 Å². The van der Waals surface area contributed by atoms with E-state index >= 15 is 0 Å². The van der Waals surface area contributed by atoms with Crippen LogP contribution in [-0.4, -0.2) is 21.3 Å². The van der Waals surface area contributed by atoms with E-state index in [1.54, 1.807) is 6.33 Å². The van der Waals surface area contributed by atoms with Gasteiger partial charge in [-0.15, -0.1) is 0 Å². The molecule has 1 N–H and O–H groups in total. The Bertz CT molecular complexity index is 533. The predicted octanol–water partition coefficient (Wildman–Crippen LogP) is 2.62. The summed E-state index contributed by atoms with van der Waals surface area (Å²) >= 11 is 0. The van der Waals surface area contributed by atoms with Crippen molar-refractivity contribution in [2.45, 2.75) is 40.5 Å². The topological polar surface area (TPSA) is 52.0 Å². The van der Waals surface area contributed by atoms with Gasteiger partial charge < -0.3 is 10.1 Å². The van der Waals surface area contributed by atoms with Gasteiger partial charge in [-0.1, -0.05) is 32.9 Å². The lowest BCUT2D eigenvalue weighted by Crippen LogP contribution is -2.12. The minimum atomic E-state index is 0.444. The fourth-order valence-corrected chi connectivity index (χ4v) is 2.02. The summed E-state index contributed by atoms with van der Waals surface area (Å²) in [5.74, 6) is 2.26.